The Balaban J connectivity index is 2.78. The first kappa shape index (κ1) is 13.0. The largest absolute Gasteiger partial charge is 0.481 e. The molecule has 1 aromatic rings. The first-order chi connectivity index (χ1) is 8.08. The monoisotopic (exact) mass is 236 g/mol. The van der Waals surface area contributed by atoms with Crippen molar-refractivity contribution in [2.45, 2.75) is 26.4 Å². The van der Waals surface area contributed by atoms with Crippen LogP contribution in [0.15, 0.2) is 29.4 Å². The highest BCUT2D eigenvalue weighted by molar-refractivity contribution is 5.98. The second kappa shape index (κ2) is 5.89. The predicted octanol–water partition coefficient (Wildman–Crippen LogP) is 1.53. The van der Waals surface area contributed by atoms with Crippen LogP contribution >= 0.6 is 0 Å². The lowest BCUT2D eigenvalue weighted by Gasteiger charge is -2.14. The van der Waals surface area contributed by atoms with Crippen molar-refractivity contribution in [1.29, 1.82) is 0 Å². The molecule has 0 heterocycles. The minimum Gasteiger partial charge on any atom is -0.481 e. The van der Waals surface area contributed by atoms with Gasteiger partial charge in [0.25, 0.3) is 5.91 Å². The van der Waals surface area contributed by atoms with Crippen LogP contribution in [-0.2, 0) is 4.79 Å². The van der Waals surface area contributed by atoms with Crippen LogP contribution in [-0.4, -0.2) is 22.9 Å². The molecule has 5 nitrogen and oxygen atoms in total. The number of nitrogens with zero attached hydrogens (tertiary/aromatic N) is 1. The fourth-order valence-corrected chi connectivity index (χ4v) is 1.34. The van der Waals surface area contributed by atoms with E-state index in [-0.39, 0.29) is 0 Å². The third-order valence-corrected chi connectivity index (χ3v) is 2.39. The van der Waals surface area contributed by atoms with E-state index in [4.69, 9.17) is 15.7 Å². The number of carbonyl (C=O) groups excluding carboxylic acids is 1. The van der Waals surface area contributed by atoms with Gasteiger partial charge in [-0.1, -0.05) is 12.1 Å². The predicted molar refractivity (Wildman–Crippen MR) is 64.3 cm³/mol. The summed E-state index contributed by atoms with van der Waals surface area (Å²) in [6.45, 7) is 3.51. The Morgan fingerprint density at radius 3 is 2.47 bits per heavy atom. The van der Waals surface area contributed by atoms with Gasteiger partial charge in [0.1, 0.15) is 5.75 Å². The van der Waals surface area contributed by atoms with Gasteiger partial charge in [-0.3, -0.25) is 4.79 Å². The molecule has 1 aromatic carbocycles. The van der Waals surface area contributed by atoms with E-state index in [1.807, 2.05) is 6.92 Å². The molecule has 1 atom stereocenters. The summed E-state index contributed by atoms with van der Waals surface area (Å²) in [6.07, 6.45) is -0.0951. The molecule has 92 valence electrons. The summed E-state index contributed by atoms with van der Waals surface area (Å²) >= 11 is 0. The van der Waals surface area contributed by atoms with Gasteiger partial charge in [0.15, 0.2) is 6.10 Å². The summed E-state index contributed by atoms with van der Waals surface area (Å²) in [5.41, 5.74) is 6.48. The summed E-state index contributed by atoms with van der Waals surface area (Å²) in [6, 6.07) is 6.90. The smallest absolute Gasteiger partial charge is 0.258 e. The average molecular weight is 236 g/mol. The van der Waals surface area contributed by atoms with Crippen LogP contribution < -0.4 is 10.5 Å². The Morgan fingerprint density at radius 1 is 1.47 bits per heavy atom. The Kier molecular flexibility index (Phi) is 4.51. The molecule has 1 amide bonds. The first-order valence-corrected chi connectivity index (χ1v) is 5.33. The normalized spacial score (nSPS) is 13.2. The van der Waals surface area contributed by atoms with Crippen LogP contribution in [0.1, 0.15) is 25.8 Å². The van der Waals surface area contributed by atoms with Crippen molar-refractivity contribution in [2.75, 3.05) is 0 Å². The van der Waals surface area contributed by atoms with Crippen molar-refractivity contribution in [3.63, 3.8) is 0 Å². The highest BCUT2D eigenvalue weighted by atomic mass is 16.5. The molecule has 5 heteroatoms. The van der Waals surface area contributed by atoms with Crippen LogP contribution in [0.25, 0.3) is 0 Å². The van der Waals surface area contributed by atoms with Gasteiger partial charge in [-0.05, 0) is 43.2 Å². The maximum absolute atomic E-state index is 11.0. The van der Waals surface area contributed by atoms with E-state index in [9.17, 15) is 4.79 Å². The van der Waals surface area contributed by atoms with E-state index < -0.39 is 12.0 Å². The lowest BCUT2D eigenvalue weighted by molar-refractivity contribution is -0.124. The second-order valence-electron chi connectivity index (χ2n) is 3.63. The fraction of sp³-hybridized carbons (Fsp3) is 0.333. The van der Waals surface area contributed by atoms with Crippen molar-refractivity contribution in [1.82, 2.24) is 0 Å². The van der Waals surface area contributed by atoms with Crippen LogP contribution in [0.3, 0.4) is 0 Å². The van der Waals surface area contributed by atoms with E-state index in [0.29, 0.717) is 17.9 Å². The van der Waals surface area contributed by atoms with Gasteiger partial charge in [0.05, 0.1) is 5.71 Å². The van der Waals surface area contributed by atoms with Crippen molar-refractivity contribution < 1.29 is 14.7 Å². The van der Waals surface area contributed by atoms with E-state index >= 15 is 0 Å². The molecule has 0 aliphatic heterocycles. The molecule has 0 radical (unpaired) electrons. The van der Waals surface area contributed by atoms with E-state index in [0.717, 1.165) is 5.56 Å². The zero-order valence-electron chi connectivity index (χ0n) is 9.88. The highest BCUT2D eigenvalue weighted by Crippen LogP contribution is 2.15. The Morgan fingerprint density at radius 2 is 2.06 bits per heavy atom. The van der Waals surface area contributed by atoms with Gasteiger partial charge in [0, 0.05) is 0 Å². The van der Waals surface area contributed by atoms with Gasteiger partial charge in [-0.15, -0.1) is 0 Å². The fourth-order valence-electron chi connectivity index (χ4n) is 1.34. The van der Waals surface area contributed by atoms with Crippen molar-refractivity contribution >= 4 is 11.6 Å². The number of hydrogen-bond donors (Lipinski definition) is 2. The molecule has 0 bridgehead atoms. The molecule has 1 unspecified atom stereocenters. The molecule has 0 aromatic heterocycles. The number of primary amides is 1. The third kappa shape index (κ3) is 3.48. The Hall–Kier alpha value is -2.04. The average Bonchev–Trinajstić information content (AvgIpc) is 2.35. The summed E-state index contributed by atoms with van der Waals surface area (Å²) in [4.78, 5) is 11.0. The number of benzene rings is 1. The van der Waals surface area contributed by atoms with Gasteiger partial charge in [-0.2, -0.15) is 0 Å². The minimum atomic E-state index is -0.617. The molecule has 0 saturated heterocycles. The molecule has 0 aliphatic rings. The summed E-state index contributed by atoms with van der Waals surface area (Å²) < 4.78 is 5.42. The molecule has 1 rings (SSSR count). The van der Waals surface area contributed by atoms with E-state index in [2.05, 4.69) is 5.16 Å². The van der Waals surface area contributed by atoms with Crippen LogP contribution in [0.5, 0.6) is 5.75 Å². The molecule has 0 aliphatic carbocycles. The molecule has 17 heavy (non-hydrogen) atoms. The number of hydrogen-bond acceptors (Lipinski definition) is 4. The summed E-state index contributed by atoms with van der Waals surface area (Å²) in [5.74, 6) is 0.0785. The zero-order valence-corrected chi connectivity index (χ0v) is 9.88. The Bertz CT molecular complexity index is 412. The summed E-state index contributed by atoms with van der Waals surface area (Å²) in [7, 11) is 0. The van der Waals surface area contributed by atoms with E-state index in [1.165, 1.54) is 0 Å². The first-order valence-electron chi connectivity index (χ1n) is 5.33. The van der Waals surface area contributed by atoms with E-state index in [1.54, 1.807) is 31.2 Å². The third-order valence-electron chi connectivity index (χ3n) is 2.39. The zero-order chi connectivity index (χ0) is 12.8. The number of ether oxygens (including phenoxy) is 1. The van der Waals surface area contributed by atoms with Gasteiger partial charge in [-0.25, -0.2) is 0 Å². The molecular weight excluding hydrogens is 220 g/mol. The molecule has 0 fully saturated rings. The van der Waals surface area contributed by atoms with Crippen molar-refractivity contribution in [3.05, 3.63) is 29.8 Å². The van der Waals surface area contributed by atoms with Crippen LogP contribution in [0, 0.1) is 0 Å². The number of amides is 1. The molecular formula is C12H16N2O3. The molecule has 0 saturated carbocycles. The molecule has 3 N–H and O–H groups in total. The quantitative estimate of drug-likeness (QED) is 0.462. The van der Waals surface area contributed by atoms with Gasteiger partial charge < -0.3 is 15.7 Å². The van der Waals surface area contributed by atoms with Crippen molar-refractivity contribution in [3.8, 4) is 5.75 Å². The van der Waals surface area contributed by atoms with Gasteiger partial charge >= 0.3 is 0 Å². The molecule has 0 spiro atoms. The van der Waals surface area contributed by atoms with Crippen LogP contribution in [0.4, 0.5) is 0 Å². The number of nitrogens with two attached hydrogens (primary N) is 1. The highest BCUT2D eigenvalue weighted by Gasteiger charge is 2.14. The summed E-state index contributed by atoms with van der Waals surface area (Å²) in [5, 5.41) is 11.7. The maximum atomic E-state index is 11.0. The van der Waals surface area contributed by atoms with Gasteiger partial charge in [0.2, 0.25) is 0 Å². The number of rotatable bonds is 5. The van der Waals surface area contributed by atoms with Crippen LogP contribution in [0.2, 0.25) is 0 Å². The maximum Gasteiger partial charge on any atom is 0.258 e. The second-order valence-corrected chi connectivity index (χ2v) is 3.63. The number of carbonyl (C=O) groups is 1. The SMILES string of the molecule is CCC(Oc1ccc(C(C)=NO)cc1)C(N)=O. The lowest BCUT2D eigenvalue weighted by Crippen LogP contribution is -2.32. The Labute approximate surface area is 99.9 Å². The lowest BCUT2D eigenvalue weighted by atomic mass is 10.1. The standard InChI is InChI=1S/C12H16N2O3/c1-3-11(12(13)15)17-10-6-4-9(5-7-10)8(2)14-16/h4-7,11,16H,3H2,1-2H3,(H2,13,15). The minimum absolute atomic E-state index is 0.482. The number of oxime groups is 1. The topological polar surface area (TPSA) is 84.9 Å². The van der Waals surface area contributed by atoms with Crippen molar-refractivity contribution in [2.24, 2.45) is 10.9 Å².